The van der Waals surface area contributed by atoms with Gasteiger partial charge in [-0.1, -0.05) is 26.7 Å². The van der Waals surface area contributed by atoms with Crippen LogP contribution in [0.2, 0.25) is 0 Å². The number of hydrogen-bond donors (Lipinski definition) is 2. The van der Waals surface area contributed by atoms with Crippen LogP contribution in [0.4, 0.5) is 4.39 Å². The number of hydrogen-bond acceptors (Lipinski definition) is 3. The summed E-state index contributed by atoms with van der Waals surface area (Å²) < 4.78 is 36.3. The highest BCUT2D eigenvalue weighted by Gasteiger charge is 2.20. The van der Waals surface area contributed by atoms with Gasteiger partial charge < -0.3 is 5.32 Å². The van der Waals surface area contributed by atoms with E-state index in [-0.39, 0.29) is 22.4 Å². The van der Waals surface area contributed by atoms with E-state index in [4.69, 9.17) is 5.14 Å². The maximum absolute atomic E-state index is 13.7. The Bertz CT molecular complexity index is 613. The minimum Gasteiger partial charge on any atom is -0.349 e. The van der Waals surface area contributed by atoms with Gasteiger partial charge >= 0.3 is 0 Å². The summed E-state index contributed by atoms with van der Waals surface area (Å²) in [7, 11) is -3.98. The maximum Gasteiger partial charge on any atom is 0.254 e. The van der Waals surface area contributed by atoms with Crippen LogP contribution in [0.5, 0.6) is 0 Å². The highest BCUT2D eigenvalue weighted by molar-refractivity contribution is 7.89. The van der Waals surface area contributed by atoms with Gasteiger partial charge in [-0.3, -0.25) is 4.79 Å². The summed E-state index contributed by atoms with van der Waals surface area (Å²) in [5.74, 6) is -1.15. The summed E-state index contributed by atoms with van der Waals surface area (Å²) in [5.41, 5.74) is -0.320. The van der Waals surface area contributed by atoms with Crippen LogP contribution < -0.4 is 10.5 Å². The molecule has 5 nitrogen and oxygen atoms in total. The third kappa shape index (κ3) is 4.50. The van der Waals surface area contributed by atoms with E-state index in [1.54, 1.807) is 0 Å². The number of amides is 1. The highest BCUT2D eigenvalue weighted by Crippen LogP contribution is 2.16. The van der Waals surface area contributed by atoms with Crippen LogP contribution in [-0.4, -0.2) is 20.4 Å². The zero-order chi connectivity index (χ0) is 16.2. The van der Waals surface area contributed by atoms with Crippen molar-refractivity contribution in [1.82, 2.24) is 5.32 Å². The first-order chi connectivity index (χ1) is 9.70. The smallest absolute Gasteiger partial charge is 0.254 e. The predicted octanol–water partition coefficient (Wildman–Crippen LogP) is 2.03. The van der Waals surface area contributed by atoms with Crippen LogP contribution in [0.15, 0.2) is 23.1 Å². The lowest BCUT2D eigenvalue weighted by atomic mass is 9.95. The normalized spacial score (nSPS) is 13.2. The van der Waals surface area contributed by atoms with Crippen molar-refractivity contribution >= 4 is 15.9 Å². The number of nitrogens with one attached hydrogen (secondary N) is 1. The van der Waals surface area contributed by atoms with Crippen molar-refractivity contribution in [3.8, 4) is 0 Å². The van der Waals surface area contributed by atoms with Gasteiger partial charge in [0.2, 0.25) is 10.0 Å². The molecule has 118 valence electrons. The van der Waals surface area contributed by atoms with Gasteiger partial charge in [0.1, 0.15) is 5.82 Å². The Kier molecular flexibility index (Phi) is 5.86. The van der Waals surface area contributed by atoms with E-state index in [2.05, 4.69) is 5.32 Å². The van der Waals surface area contributed by atoms with E-state index in [0.29, 0.717) is 0 Å². The maximum atomic E-state index is 13.7. The molecule has 1 unspecified atom stereocenters. The van der Waals surface area contributed by atoms with Gasteiger partial charge in [-0.25, -0.2) is 17.9 Å². The van der Waals surface area contributed by atoms with Crippen molar-refractivity contribution < 1.29 is 17.6 Å². The van der Waals surface area contributed by atoms with Crippen molar-refractivity contribution in [2.75, 3.05) is 0 Å². The molecule has 1 aromatic rings. The third-order valence-corrected chi connectivity index (χ3v) is 4.54. The molecule has 1 atom stereocenters. The van der Waals surface area contributed by atoms with Crippen LogP contribution in [0.3, 0.4) is 0 Å². The molecule has 1 aromatic carbocycles. The second-order valence-electron chi connectivity index (χ2n) is 5.03. The van der Waals surface area contributed by atoms with Gasteiger partial charge in [0, 0.05) is 6.04 Å². The van der Waals surface area contributed by atoms with E-state index >= 15 is 0 Å². The van der Waals surface area contributed by atoms with Crippen LogP contribution in [0.1, 0.15) is 44.0 Å². The number of sulfonamides is 1. The summed E-state index contributed by atoms with van der Waals surface area (Å²) in [4.78, 5) is 11.8. The number of nitrogens with two attached hydrogens (primary N) is 1. The summed E-state index contributed by atoms with van der Waals surface area (Å²) in [6.45, 7) is 5.87. The van der Waals surface area contributed by atoms with E-state index in [1.807, 2.05) is 20.8 Å². The molecule has 1 amide bonds. The molecule has 0 bridgehead atoms. The zero-order valence-electron chi connectivity index (χ0n) is 12.4. The molecule has 1 rings (SSSR count). The second-order valence-corrected chi connectivity index (χ2v) is 6.59. The second kappa shape index (κ2) is 7.00. The molecule has 0 saturated carbocycles. The fraction of sp³-hybridized carbons (Fsp3) is 0.500. The summed E-state index contributed by atoms with van der Waals surface area (Å²) >= 11 is 0. The number of primary sulfonamides is 1. The number of carbonyl (C=O) groups is 1. The molecule has 3 N–H and O–H groups in total. The first-order valence-corrected chi connectivity index (χ1v) is 8.38. The zero-order valence-corrected chi connectivity index (χ0v) is 13.2. The average Bonchev–Trinajstić information content (AvgIpc) is 2.39. The lowest BCUT2D eigenvalue weighted by Crippen LogP contribution is -2.38. The van der Waals surface area contributed by atoms with Crippen molar-refractivity contribution in [2.24, 2.45) is 11.1 Å². The molecular formula is C14H21FN2O3S. The summed E-state index contributed by atoms with van der Waals surface area (Å²) in [6, 6.07) is 2.78. The Balaban J connectivity index is 3.02. The van der Waals surface area contributed by atoms with Crippen LogP contribution in [0.25, 0.3) is 0 Å². The first kappa shape index (κ1) is 17.6. The summed E-state index contributed by atoms with van der Waals surface area (Å²) in [6.07, 6.45) is 1.77. The van der Waals surface area contributed by atoms with Crippen LogP contribution >= 0.6 is 0 Å². The molecule has 0 fully saturated rings. The van der Waals surface area contributed by atoms with Crippen molar-refractivity contribution in [3.63, 3.8) is 0 Å². The Hall–Kier alpha value is -1.47. The monoisotopic (exact) mass is 316 g/mol. The predicted molar refractivity (Wildman–Crippen MR) is 78.8 cm³/mol. The van der Waals surface area contributed by atoms with Crippen molar-refractivity contribution in [3.05, 3.63) is 29.6 Å². The highest BCUT2D eigenvalue weighted by atomic mass is 32.2. The lowest BCUT2D eigenvalue weighted by Gasteiger charge is -2.22. The number of rotatable bonds is 6. The van der Waals surface area contributed by atoms with Gasteiger partial charge in [0.25, 0.3) is 5.91 Å². The molecule has 0 aliphatic carbocycles. The molecule has 21 heavy (non-hydrogen) atoms. The molecular weight excluding hydrogens is 295 g/mol. The van der Waals surface area contributed by atoms with Gasteiger partial charge in [0.05, 0.1) is 10.5 Å². The largest absolute Gasteiger partial charge is 0.349 e. The SMILES string of the molecule is CCC(CC)C(C)NC(=O)c1cc(S(N)(=O)=O)ccc1F. The van der Waals surface area contributed by atoms with Crippen LogP contribution in [-0.2, 0) is 10.0 Å². The van der Waals surface area contributed by atoms with E-state index in [0.717, 1.165) is 31.0 Å². The fourth-order valence-corrected chi connectivity index (χ4v) is 2.79. The molecule has 0 radical (unpaired) electrons. The van der Waals surface area contributed by atoms with Gasteiger partial charge in [0.15, 0.2) is 0 Å². The van der Waals surface area contributed by atoms with Gasteiger partial charge in [-0.15, -0.1) is 0 Å². The number of carbonyl (C=O) groups excluding carboxylic acids is 1. The number of halogens is 1. The lowest BCUT2D eigenvalue weighted by molar-refractivity contribution is 0.0921. The molecule has 0 saturated heterocycles. The van der Waals surface area contributed by atoms with Crippen molar-refractivity contribution in [1.29, 1.82) is 0 Å². The molecule has 0 aliphatic heterocycles. The minimum atomic E-state index is -3.98. The molecule has 7 heteroatoms. The molecule has 0 spiro atoms. The van der Waals surface area contributed by atoms with E-state index in [1.165, 1.54) is 0 Å². The average molecular weight is 316 g/mol. The van der Waals surface area contributed by atoms with E-state index < -0.39 is 21.7 Å². The topological polar surface area (TPSA) is 89.3 Å². The fourth-order valence-electron chi connectivity index (χ4n) is 2.25. The van der Waals surface area contributed by atoms with Gasteiger partial charge in [-0.05, 0) is 31.0 Å². The van der Waals surface area contributed by atoms with E-state index in [9.17, 15) is 17.6 Å². The van der Waals surface area contributed by atoms with Gasteiger partial charge in [-0.2, -0.15) is 0 Å². The minimum absolute atomic E-state index is 0.134. The quantitative estimate of drug-likeness (QED) is 0.841. The Labute approximate surface area is 124 Å². The Morgan fingerprint density at radius 1 is 1.33 bits per heavy atom. The Morgan fingerprint density at radius 2 is 1.90 bits per heavy atom. The van der Waals surface area contributed by atoms with Crippen molar-refractivity contribution in [2.45, 2.75) is 44.6 Å². The standard InChI is InChI=1S/C14H21FN2O3S/c1-4-10(5-2)9(3)17-14(18)12-8-11(21(16,19)20)6-7-13(12)15/h6-10H,4-5H2,1-3H3,(H,17,18)(H2,16,19,20). The molecule has 0 aliphatic rings. The summed E-state index contributed by atoms with van der Waals surface area (Å²) in [5, 5.41) is 7.69. The molecule has 0 aromatic heterocycles. The number of benzene rings is 1. The molecule has 0 heterocycles. The third-order valence-electron chi connectivity index (χ3n) is 3.63. The Morgan fingerprint density at radius 3 is 2.38 bits per heavy atom. The van der Waals surface area contributed by atoms with Crippen LogP contribution in [0, 0.1) is 11.7 Å². The first-order valence-electron chi connectivity index (χ1n) is 6.83.